The first-order chi connectivity index (χ1) is 5.78. The summed E-state index contributed by atoms with van der Waals surface area (Å²) < 4.78 is 0. The van der Waals surface area contributed by atoms with Crippen LogP contribution in [0.4, 0.5) is 0 Å². The standard InChI is InChI=1S/C6H8O7.2H3N.6H2O/c7-3(8)1-6(13,5(11)12)2-4(9)10;;;;;;;;/h13H,1-2H2,(H,7,8)(H,9,10)(H,11,12);2*1H3;6*1H2. The van der Waals surface area contributed by atoms with Crippen LogP contribution in [0.15, 0.2) is 0 Å². The number of rotatable bonds is 5. The largest absolute Gasteiger partial charge is 0.550 e. The fraction of sp³-hybridized carbons (Fsp3) is 0.500. The van der Waals surface area contributed by atoms with Gasteiger partial charge in [-0.25, -0.2) is 4.79 Å². The SMILES string of the molecule is O.O.O.O.O.O.O=C([O-])CC(O)(CC(=O)[O-])C(=O)O.[NH4+].[NH4+]. The van der Waals surface area contributed by atoms with Crippen molar-refractivity contribution in [2.75, 3.05) is 0 Å². The van der Waals surface area contributed by atoms with Crippen LogP contribution in [0.1, 0.15) is 12.8 Å². The van der Waals surface area contributed by atoms with E-state index in [1.165, 1.54) is 0 Å². The molecule has 0 unspecified atom stereocenters. The molecule has 0 aliphatic carbocycles. The normalized spacial score (nSPS) is 6.71. The second-order valence-corrected chi connectivity index (χ2v) is 2.43. The van der Waals surface area contributed by atoms with E-state index in [1.807, 2.05) is 0 Å². The minimum absolute atomic E-state index is 0. The number of aliphatic carboxylic acids is 3. The number of carboxylic acids is 3. The van der Waals surface area contributed by atoms with E-state index in [4.69, 9.17) is 10.2 Å². The van der Waals surface area contributed by atoms with Gasteiger partial charge in [-0.3, -0.25) is 0 Å². The van der Waals surface area contributed by atoms with Crippen LogP contribution < -0.4 is 22.5 Å². The van der Waals surface area contributed by atoms with Gasteiger partial charge in [0.05, 0.1) is 0 Å². The zero-order valence-corrected chi connectivity index (χ0v) is 11.3. The lowest BCUT2D eigenvalue weighted by atomic mass is 9.96. The van der Waals surface area contributed by atoms with E-state index in [-0.39, 0.29) is 45.2 Å². The zero-order chi connectivity index (χ0) is 10.6. The van der Waals surface area contributed by atoms with Crippen molar-refractivity contribution < 1.29 is 67.7 Å². The van der Waals surface area contributed by atoms with Crippen LogP contribution >= 0.6 is 0 Å². The molecule has 0 bridgehead atoms. The van der Waals surface area contributed by atoms with Crippen molar-refractivity contribution in [1.29, 1.82) is 0 Å². The van der Waals surface area contributed by atoms with Gasteiger partial charge >= 0.3 is 5.97 Å². The molecular weight excluding hydrogens is 308 g/mol. The monoisotopic (exact) mass is 334 g/mol. The third-order valence-electron chi connectivity index (χ3n) is 1.27. The first kappa shape index (κ1) is 61.4. The Bertz CT molecular complexity index is 241. The molecule has 0 aliphatic rings. The van der Waals surface area contributed by atoms with E-state index in [2.05, 4.69) is 0 Å². The summed E-state index contributed by atoms with van der Waals surface area (Å²) in [6.07, 6.45) is -2.59. The summed E-state index contributed by atoms with van der Waals surface area (Å²) in [6.45, 7) is 0. The number of aliphatic hydroxyl groups is 1. The molecule has 15 nitrogen and oxygen atoms in total. The summed E-state index contributed by atoms with van der Waals surface area (Å²) in [4.78, 5) is 30.2. The smallest absolute Gasteiger partial charge is 0.336 e. The number of carboxylic acid groups (broad SMARTS) is 3. The van der Waals surface area contributed by atoms with E-state index in [0.717, 1.165) is 0 Å². The van der Waals surface area contributed by atoms with Crippen molar-refractivity contribution in [2.24, 2.45) is 0 Å². The predicted octanol–water partition coefficient (Wildman–Crippen LogP) is -8.11. The van der Waals surface area contributed by atoms with Gasteiger partial charge in [0.2, 0.25) is 0 Å². The van der Waals surface area contributed by atoms with Gasteiger partial charge in [-0.05, 0) is 0 Å². The summed E-state index contributed by atoms with van der Waals surface area (Å²) in [5, 5.41) is 37.2. The second-order valence-electron chi connectivity index (χ2n) is 2.43. The van der Waals surface area contributed by atoms with Gasteiger partial charge in [-0.2, -0.15) is 0 Å². The molecule has 0 aromatic heterocycles. The number of quaternary nitrogens is 2. The quantitative estimate of drug-likeness (QED) is 0.375. The molecule has 0 aromatic carbocycles. The number of hydrogen-bond donors (Lipinski definition) is 4. The highest BCUT2D eigenvalue weighted by molar-refractivity contribution is 5.87. The van der Waals surface area contributed by atoms with Crippen LogP contribution in [0.3, 0.4) is 0 Å². The number of carbonyl (C=O) groups excluding carboxylic acids is 2. The summed E-state index contributed by atoms with van der Waals surface area (Å²) in [6, 6.07) is 0. The molecule has 0 saturated heterocycles. The Kier molecular flexibility index (Phi) is 67.8. The Labute approximate surface area is 117 Å². The Morgan fingerprint density at radius 1 is 0.762 bits per heavy atom. The van der Waals surface area contributed by atoms with Crippen LogP contribution in [0, 0.1) is 0 Å². The maximum atomic E-state index is 10.3. The predicted molar refractivity (Wildman–Crippen MR) is 65.5 cm³/mol. The summed E-state index contributed by atoms with van der Waals surface area (Å²) in [5.74, 6) is -5.65. The van der Waals surface area contributed by atoms with Crippen molar-refractivity contribution in [3.05, 3.63) is 0 Å². The van der Waals surface area contributed by atoms with Crippen molar-refractivity contribution in [2.45, 2.75) is 18.4 Å². The maximum Gasteiger partial charge on any atom is 0.336 e. The third-order valence-corrected chi connectivity index (χ3v) is 1.27. The molecular formula is C6H26N2O13. The maximum absolute atomic E-state index is 10.3. The molecule has 0 aromatic rings. The van der Waals surface area contributed by atoms with Crippen LogP contribution in [0.2, 0.25) is 0 Å². The van der Waals surface area contributed by atoms with Gasteiger partial charge in [-0.15, -0.1) is 0 Å². The molecule has 0 amide bonds. The first-order valence-electron chi connectivity index (χ1n) is 3.13. The van der Waals surface area contributed by atoms with Gasteiger partial charge in [0, 0.05) is 24.8 Å². The fourth-order valence-electron chi connectivity index (χ4n) is 0.691. The first-order valence-corrected chi connectivity index (χ1v) is 3.13. The molecule has 0 atom stereocenters. The molecule has 22 N–H and O–H groups in total. The second kappa shape index (κ2) is 23.2. The summed E-state index contributed by atoms with van der Waals surface area (Å²) in [7, 11) is 0. The molecule has 0 aliphatic heterocycles. The molecule has 15 heteroatoms. The summed E-state index contributed by atoms with van der Waals surface area (Å²) in [5.41, 5.74) is -2.86. The van der Waals surface area contributed by atoms with Crippen LogP contribution in [-0.2, 0) is 14.4 Å². The lowest BCUT2D eigenvalue weighted by molar-refractivity contribution is -0.314. The Hall–Kier alpha value is -1.95. The van der Waals surface area contributed by atoms with Crippen LogP contribution in [0.25, 0.3) is 0 Å². The van der Waals surface area contributed by atoms with E-state index in [1.54, 1.807) is 0 Å². The molecule has 0 radical (unpaired) electrons. The number of carbonyl (C=O) groups is 3. The molecule has 0 saturated carbocycles. The fourth-order valence-corrected chi connectivity index (χ4v) is 0.691. The minimum atomic E-state index is -2.86. The average molecular weight is 334 g/mol. The Balaban J connectivity index is -0.0000000257. The molecule has 21 heavy (non-hydrogen) atoms. The van der Waals surface area contributed by atoms with Crippen molar-refractivity contribution in [3.63, 3.8) is 0 Å². The molecule has 0 fully saturated rings. The Morgan fingerprint density at radius 2 is 0.952 bits per heavy atom. The zero-order valence-electron chi connectivity index (χ0n) is 11.3. The van der Waals surface area contributed by atoms with Gasteiger partial charge in [0.15, 0.2) is 5.60 Å². The molecule has 0 heterocycles. The van der Waals surface area contributed by atoms with Gasteiger partial charge < -0.3 is 75.2 Å². The van der Waals surface area contributed by atoms with Crippen molar-refractivity contribution in [3.8, 4) is 0 Å². The van der Waals surface area contributed by atoms with Gasteiger partial charge in [0.25, 0.3) is 0 Å². The van der Waals surface area contributed by atoms with Crippen molar-refractivity contribution >= 4 is 17.9 Å². The highest BCUT2D eigenvalue weighted by Crippen LogP contribution is 2.14. The van der Waals surface area contributed by atoms with Gasteiger partial charge in [-0.1, -0.05) is 0 Å². The van der Waals surface area contributed by atoms with E-state index in [0.29, 0.717) is 0 Å². The lowest BCUT2D eigenvalue weighted by Crippen LogP contribution is -2.48. The molecule has 138 valence electrons. The van der Waals surface area contributed by atoms with E-state index in [9.17, 15) is 24.6 Å². The highest BCUT2D eigenvalue weighted by atomic mass is 16.4. The highest BCUT2D eigenvalue weighted by Gasteiger charge is 2.36. The number of hydrogen-bond acceptors (Lipinski definition) is 6. The average Bonchev–Trinajstić information content (AvgIpc) is 1.82. The topological polar surface area (TPSA) is 400 Å². The van der Waals surface area contributed by atoms with E-state index < -0.39 is 36.4 Å². The van der Waals surface area contributed by atoms with Crippen LogP contribution in [0.5, 0.6) is 0 Å². The van der Waals surface area contributed by atoms with Gasteiger partial charge in [0.1, 0.15) is 0 Å². The van der Waals surface area contributed by atoms with Crippen molar-refractivity contribution in [1.82, 2.24) is 12.3 Å². The van der Waals surface area contributed by atoms with Crippen LogP contribution in [-0.4, -0.2) is 66.6 Å². The van der Waals surface area contributed by atoms with E-state index >= 15 is 0 Å². The third kappa shape index (κ3) is 23.6. The molecule has 0 spiro atoms. The Morgan fingerprint density at radius 3 is 1.05 bits per heavy atom. The summed E-state index contributed by atoms with van der Waals surface area (Å²) >= 11 is 0. The molecule has 0 rings (SSSR count). The minimum Gasteiger partial charge on any atom is -0.550 e. The lowest BCUT2D eigenvalue weighted by Gasteiger charge is -2.23.